The van der Waals surface area contributed by atoms with Crippen LogP contribution in [0.15, 0.2) is 18.2 Å². The predicted molar refractivity (Wildman–Crippen MR) is 61.7 cm³/mol. The lowest BCUT2D eigenvalue weighted by molar-refractivity contribution is 0.0814. The zero-order chi connectivity index (χ0) is 11.4. The number of hydrogen-bond donors (Lipinski definition) is 1. The van der Waals surface area contributed by atoms with Crippen LogP contribution >= 0.6 is 11.6 Å². The van der Waals surface area contributed by atoms with Gasteiger partial charge in [0.15, 0.2) is 0 Å². The second kappa shape index (κ2) is 4.72. The molecular formula is C11H11ClN2O. The summed E-state index contributed by atoms with van der Waals surface area (Å²) in [7, 11) is 1.60. The van der Waals surface area contributed by atoms with Gasteiger partial charge in [-0.25, -0.2) is 0 Å². The van der Waals surface area contributed by atoms with Gasteiger partial charge in [0, 0.05) is 12.7 Å². The molecule has 1 aromatic carbocycles. The van der Waals surface area contributed by atoms with Crippen LogP contribution in [0, 0.1) is 12.3 Å². The highest BCUT2D eigenvalue weighted by atomic mass is 35.5. The van der Waals surface area contributed by atoms with Crippen LogP contribution < -0.4 is 5.73 Å². The summed E-state index contributed by atoms with van der Waals surface area (Å²) in [6, 6.07) is 4.94. The summed E-state index contributed by atoms with van der Waals surface area (Å²) in [4.78, 5) is 13.2. The molecule has 0 unspecified atom stereocenters. The molecule has 0 spiro atoms. The second-order valence-corrected chi connectivity index (χ2v) is 3.48. The summed E-state index contributed by atoms with van der Waals surface area (Å²) in [6.45, 7) is 0.226. The van der Waals surface area contributed by atoms with Crippen molar-refractivity contribution in [3.05, 3.63) is 28.8 Å². The number of halogens is 1. The molecule has 0 heterocycles. The van der Waals surface area contributed by atoms with E-state index in [9.17, 15) is 4.79 Å². The molecule has 78 valence electrons. The maximum Gasteiger partial charge on any atom is 0.257 e. The molecule has 0 atom stereocenters. The lowest BCUT2D eigenvalue weighted by atomic mass is 10.1. The molecule has 1 amide bonds. The molecule has 0 saturated carbocycles. The summed E-state index contributed by atoms with van der Waals surface area (Å²) in [5, 5.41) is 0.337. The molecule has 0 fully saturated rings. The van der Waals surface area contributed by atoms with Crippen molar-refractivity contribution in [3.8, 4) is 12.3 Å². The average molecular weight is 223 g/mol. The minimum Gasteiger partial charge on any atom is -0.398 e. The normalized spacial score (nSPS) is 9.40. The third-order valence-electron chi connectivity index (χ3n) is 1.93. The Morgan fingerprint density at radius 2 is 2.33 bits per heavy atom. The molecule has 15 heavy (non-hydrogen) atoms. The van der Waals surface area contributed by atoms with E-state index in [4.69, 9.17) is 23.8 Å². The van der Waals surface area contributed by atoms with Crippen molar-refractivity contribution < 1.29 is 4.79 Å². The van der Waals surface area contributed by atoms with Crippen LogP contribution in [0.1, 0.15) is 10.4 Å². The van der Waals surface area contributed by atoms with Crippen LogP contribution in [0.3, 0.4) is 0 Å². The summed E-state index contributed by atoms with van der Waals surface area (Å²) < 4.78 is 0. The number of carbonyl (C=O) groups is 1. The highest BCUT2D eigenvalue weighted by molar-refractivity contribution is 6.34. The van der Waals surface area contributed by atoms with Crippen LogP contribution in [0.25, 0.3) is 0 Å². The summed E-state index contributed by atoms with van der Waals surface area (Å²) in [5.41, 5.74) is 6.33. The van der Waals surface area contributed by atoms with Gasteiger partial charge in [0.1, 0.15) is 0 Å². The Morgan fingerprint density at radius 1 is 1.67 bits per heavy atom. The second-order valence-electron chi connectivity index (χ2n) is 3.07. The van der Waals surface area contributed by atoms with Gasteiger partial charge in [0.25, 0.3) is 5.91 Å². The van der Waals surface area contributed by atoms with E-state index in [1.807, 2.05) is 0 Å². The fraction of sp³-hybridized carbons (Fsp3) is 0.182. The molecule has 4 heteroatoms. The number of benzene rings is 1. The zero-order valence-corrected chi connectivity index (χ0v) is 9.08. The first kappa shape index (κ1) is 11.4. The number of terminal acetylenes is 1. The third-order valence-corrected chi connectivity index (χ3v) is 2.25. The van der Waals surface area contributed by atoms with Crippen LogP contribution in [0.4, 0.5) is 5.69 Å². The van der Waals surface area contributed by atoms with Gasteiger partial charge >= 0.3 is 0 Å². The molecule has 2 N–H and O–H groups in total. The molecule has 1 aromatic rings. The minimum absolute atomic E-state index is 0.226. The monoisotopic (exact) mass is 222 g/mol. The Bertz CT molecular complexity index is 403. The summed E-state index contributed by atoms with van der Waals surface area (Å²) in [6.07, 6.45) is 5.11. The number of carbonyl (C=O) groups excluding carboxylic acids is 1. The highest BCUT2D eigenvalue weighted by Gasteiger charge is 2.16. The van der Waals surface area contributed by atoms with E-state index in [1.54, 1.807) is 25.2 Å². The number of nitrogen functional groups attached to an aromatic ring is 1. The molecule has 0 aromatic heterocycles. The van der Waals surface area contributed by atoms with Gasteiger partial charge in [-0.2, -0.15) is 0 Å². The molecule has 0 aliphatic heterocycles. The Balaban J connectivity index is 3.07. The smallest absolute Gasteiger partial charge is 0.257 e. The third kappa shape index (κ3) is 2.42. The van der Waals surface area contributed by atoms with Gasteiger partial charge in [-0.1, -0.05) is 23.6 Å². The largest absolute Gasteiger partial charge is 0.398 e. The first-order valence-electron chi connectivity index (χ1n) is 4.31. The Labute approximate surface area is 93.8 Å². The number of nitrogens with two attached hydrogens (primary N) is 1. The van der Waals surface area contributed by atoms with Crippen LogP contribution in [0.2, 0.25) is 5.02 Å². The minimum atomic E-state index is -0.268. The van der Waals surface area contributed by atoms with Crippen LogP contribution in [-0.2, 0) is 0 Å². The van der Waals surface area contributed by atoms with Gasteiger partial charge in [0.2, 0.25) is 0 Å². The van der Waals surface area contributed by atoms with E-state index in [0.29, 0.717) is 16.3 Å². The molecule has 0 radical (unpaired) electrons. The zero-order valence-electron chi connectivity index (χ0n) is 8.33. The maximum absolute atomic E-state index is 11.8. The van der Waals surface area contributed by atoms with E-state index in [1.165, 1.54) is 4.90 Å². The van der Waals surface area contributed by atoms with Crippen LogP contribution in [0.5, 0.6) is 0 Å². The Kier molecular flexibility index (Phi) is 3.59. The van der Waals surface area contributed by atoms with E-state index in [0.717, 1.165) is 0 Å². The van der Waals surface area contributed by atoms with Gasteiger partial charge < -0.3 is 10.6 Å². The highest BCUT2D eigenvalue weighted by Crippen LogP contribution is 2.22. The lowest BCUT2D eigenvalue weighted by Gasteiger charge is -2.15. The number of anilines is 1. The van der Waals surface area contributed by atoms with Gasteiger partial charge in [-0.15, -0.1) is 6.42 Å². The fourth-order valence-corrected chi connectivity index (χ4v) is 1.43. The van der Waals surface area contributed by atoms with Gasteiger partial charge in [-0.05, 0) is 12.1 Å². The van der Waals surface area contributed by atoms with Crippen molar-refractivity contribution in [2.75, 3.05) is 19.3 Å². The van der Waals surface area contributed by atoms with Crippen molar-refractivity contribution in [1.82, 2.24) is 4.90 Å². The first-order chi connectivity index (χ1) is 7.07. The summed E-state index contributed by atoms with van der Waals surface area (Å²) >= 11 is 5.89. The van der Waals surface area contributed by atoms with Crippen molar-refractivity contribution in [2.24, 2.45) is 0 Å². The number of nitrogens with zero attached hydrogens (tertiary/aromatic N) is 1. The van der Waals surface area contributed by atoms with Crippen LogP contribution in [-0.4, -0.2) is 24.4 Å². The Morgan fingerprint density at radius 3 is 2.87 bits per heavy atom. The molecular weight excluding hydrogens is 212 g/mol. The number of hydrogen-bond acceptors (Lipinski definition) is 2. The predicted octanol–water partition coefficient (Wildman–Crippen LogP) is 1.63. The average Bonchev–Trinajstić information content (AvgIpc) is 2.17. The molecule has 1 rings (SSSR count). The van der Waals surface area contributed by atoms with E-state index in [-0.39, 0.29) is 12.5 Å². The molecule has 3 nitrogen and oxygen atoms in total. The standard InChI is InChI=1S/C11H11ClN2O/c1-3-7-14(2)11(15)10-8(12)5-4-6-9(10)13/h1,4-6H,7,13H2,2H3. The number of rotatable bonds is 2. The SMILES string of the molecule is C#CCN(C)C(=O)c1c(N)cccc1Cl. The molecule has 0 saturated heterocycles. The molecule has 0 bridgehead atoms. The van der Waals surface area contributed by atoms with Crippen molar-refractivity contribution in [1.29, 1.82) is 0 Å². The number of amides is 1. The molecule has 0 aliphatic carbocycles. The van der Waals surface area contributed by atoms with Gasteiger partial charge in [-0.3, -0.25) is 4.79 Å². The lowest BCUT2D eigenvalue weighted by Crippen LogP contribution is -2.28. The summed E-state index contributed by atoms with van der Waals surface area (Å²) in [5.74, 6) is 2.11. The van der Waals surface area contributed by atoms with Crippen molar-refractivity contribution in [3.63, 3.8) is 0 Å². The Hall–Kier alpha value is -1.66. The topological polar surface area (TPSA) is 46.3 Å². The quantitative estimate of drug-likeness (QED) is 0.611. The van der Waals surface area contributed by atoms with E-state index < -0.39 is 0 Å². The van der Waals surface area contributed by atoms with E-state index >= 15 is 0 Å². The van der Waals surface area contributed by atoms with Crippen molar-refractivity contribution >= 4 is 23.2 Å². The molecule has 0 aliphatic rings. The fourth-order valence-electron chi connectivity index (χ4n) is 1.17. The van der Waals surface area contributed by atoms with E-state index in [2.05, 4.69) is 5.92 Å². The maximum atomic E-state index is 11.8. The first-order valence-corrected chi connectivity index (χ1v) is 4.68. The van der Waals surface area contributed by atoms with Crippen molar-refractivity contribution in [2.45, 2.75) is 0 Å². The van der Waals surface area contributed by atoms with Gasteiger partial charge in [0.05, 0.1) is 17.1 Å².